The van der Waals surface area contributed by atoms with Gasteiger partial charge in [-0.1, -0.05) is 0 Å². The Balaban J connectivity index is 0.00000420. The lowest BCUT2D eigenvalue weighted by atomic mass is 9.96. The van der Waals surface area contributed by atoms with Gasteiger partial charge in [0.1, 0.15) is 0 Å². The molecule has 1 atom stereocenters. The van der Waals surface area contributed by atoms with Gasteiger partial charge in [-0.2, -0.15) is 0 Å². The Morgan fingerprint density at radius 1 is 1.17 bits per heavy atom. The van der Waals surface area contributed by atoms with Gasteiger partial charge in [0.25, 0.3) is 0 Å². The molecule has 0 radical (unpaired) electrons. The molecule has 0 aromatic heterocycles. The van der Waals surface area contributed by atoms with Gasteiger partial charge in [-0.3, -0.25) is 9.59 Å². The summed E-state index contributed by atoms with van der Waals surface area (Å²) in [6.45, 7) is 2.03. The average molecular weight is 430 g/mol. The highest BCUT2D eigenvalue weighted by Gasteiger charge is 2.28. The molecule has 8 nitrogen and oxygen atoms in total. The molecule has 1 aromatic carbocycles. The summed E-state index contributed by atoms with van der Waals surface area (Å²) >= 11 is 0. The van der Waals surface area contributed by atoms with Gasteiger partial charge in [0.15, 0.2) is 11.5 Å². The second-order valence-corrected chi connectivity index (χ2v) is 6.79. The lowest BCUT2D eigenvalue weighted by Gasteiger charge is -2.32. The van der Waals surface area contributed by atoms with Crippen molar-refractivity contribution >= 4 is 24.2 Å². The van der Waals surface area contributed by atoms with Crippen molar-refractivity contribution in [2.45, 2.75) is 25.7 Å². The molecule has 1 aliphatic rings. The number of hydrogen-bond acceptors (Lipinski definition) is 6. The van der Waals surface area contributed by atoms with E-state index in [4.69, 9.17) is 19.9 Å². The molecule has 1 heterocycles. The van der Waals surface area contributed by atoms with Crippen LogP contribution in [0.5, 0.6) is 17.2 Å². The van der Waals surface area contributed by atoms with E-state index in [-0.39, 0.29) is 30.1 Å². The van der Waals surface area contributed by atoms with Gasteiger partial charge in [-0.15, -0.1) is 12.4 Å². The standard InChI is InChI=1S/C20H31N3O5.ClH/c1-26-16-11-14(12-17(27-2)19(16)28-3)6-7-18(24)23-10-4-5-15(13-23)20(25)22-9-8-21;/h11-12,15H,4-10,13,21H2,1-3H3,(H,22,25);1H. The van der Waals surface area contributed by atoms with Gasteiger partial charge in [-0.05, 0) is 37.0 Å². The molecular formula is C20H32ClN3O5. The summed E-state index contributed by atoms with van der Waals surface area (Å²) in [5, 5.41) is 2.81. The van der Waals surface area contributed by atoms with Crippen LogP contribution in [0, 0.1) is 5.92 Å². The smallest absolute Gasteiger partial charge is 0.224 e. The number of amides is 2. The number of likely N-dealkylation sites (tertiary alicyclic amines) is 1. The van der Waals surface area contributed by atoms with Crippen molar-refractivity contribution in [3.05, 3.63) is 17.7 Å². The van der Waals surface area contributed by atoms with E-state index < -0.39 is 0 Å². The Morgan fingerprint density at radius 3 is 2.38 bits per heavy atom. The van der Waals surface area contributed by atoms with Gasteiger partial charge < -0.3 is 30.2 Å². The Bertz CT molecular complexity index is 661. The van der Waals surface area contributed by atoms with Crippen LogP contribution in [0.15, 0.2) is 12.1 Å². The summed E-state index contributed by atoms with van der Waals surface area (Å²) < 4.78 is 16.0. The second-order valence-electron chi connectivity index (χ2n) is 6.79. The summed E-state index contributed by atoms with van der Waals surface area (Å²) in [5.74, 6) is 1.53. The first-order valence-electron chi connectivity index (χ1n) is 9.58. The fourth-order valence-electron chi connectivity index (χ4n) is 3.45. The summed E-state index contributed by atoms with van der Waals surface area (Å²) in [6.07, 6.45) is 2.54. The number of piperidine rings is 1. The lowest BCUT2D eigenvalue weighted by molar-refractivity contribution is -0.135. The molecule has 1 fully saturated rings. The third-order valence-electron chi connectivity index (χ3n) is 4.94. The highest BCUT2D eigenvalue weighted by atomic mass is 35.5. The average Bonchev–Trinajstić information content (AvgIpc) is 2.74. The molecule has 2 amide bonds. The predicted octanol–water partition coefficient (Wildman–Crippen LogP) is 1.38. The van der Waals surface area contributed by atoms with Crippen LogP contribution in [0.1, 0.15) is 24.8 Å². The van der Waals surface area contributed by atoms with Crippen molar-refractivity contribution in [3.63, 3.8) is 0 Å². The fraction of sp³-hybridized carbons (Fsp3) is 0.600. The molecule has 0 aliphatic carbocycles. The summed E-state index contributed by atoms with van der Waals surface area (Å²) in [4.78, 5) is 26.6. The SMILES string of the molecule is COc1cc(CCC(=O)N2CCCC(C(=O)NCCN)C2)cc(OC)c1OC.Cl. The Labute approximate surface area is 178 Å². The van der Waals surface area contributed by atoms with Crippen LogP contribution in [-0.2, 0) is 16.0 Å². The minimum absolute atomic E-state index is 0. The Kier molecular flexibility index (Phi) is 10.6. The maximum Gasteiger partial charge on any atom is 0.224 e. The van der Waals surface area contributed by atoms with Crippen LogP contribution in [-0.4, -0.2) is 64.2 Å². The molecule has 1 aromatic rings. The van der Waals surface area contributed by atoms with Crippen molar-refractivity contribution in [2.75, 3.05) is 47.5 Å². The topological polar surface area (TPSA) is 103 Å². The molecular weight excluding hydrogens is 398 g/mol. The molecule has 164 valence electrons. The molecule has 0 bridgehead atoms. The molecule has 29 heavy (non-hydrogen) atoms. The second kappa shape index (κ2) is 12.4. The van der Waals surface area contributed by atoms with E-state index in [1.807, 2.05) is 12.1 Å². The van der Waals surface area contributed by atoms with Gasteiger partial charge >= 0.3 is 0 Å². The van der Waals surface area contributed by atoms with Crippen LogP contribution < -0.4 is 25.3 Å². The van der Waals surface area contributed by atoms with Crippen LogP contribution in [0.4, 0.5) is 0 Å². The fourth-order valence-corrected chi connectivity index (χ4v) is 3.45. The maximum absolute atomic E-state index is 12.7. The van der Waals surface area contributed by atoms with Gasteiger partial charge in [0.05, 0.1) is 27.2 Å². The third kappa shape index (κ3) is 6.68. The van der Waals surface area contributed by atoms with Crippen LogP contribution in [0.3, 0.4) is 0 Å². The number of carbonyl (C=O) groups is 2. The van der Waals surface area contributed by atoms with Crippen molar-refractivity contribution in [3.8, 4) is 17.2 Å². The molecule has 1 aliphatic heterocycles. The number of hydrogen-bond donors (Lipinski definition) is 2. The van der Waals surface area contributed by atoms with Crippen LogP contribution in [0.25, 0.3) is 0 Å². The largest absolute Gasteiger partial charge is 0.493 e. The minimum Gasteiger partial charge on any atom is -0.493 e. The number of nitrogens with two attached hydrogens (primary N) is 1. The first-order valence-corrected chi connectivity index (χ1v) is 9.58. The first kappa shape index (κ1) is 24.8. The highest BCUT2D eigenvalue weighted by Crippen LogP contribution is 2.38. The van der Waals surface area contributed by atoms with E-state index >= 15 is 0 Å². The summed E-state index contributed by atoms with van der Waals surface area (Å²) in [7, 11) is 4.69. The quantitative estimate of drug-likeness (QED) is 0.614. The maximum atomic E-state index is 12.7. The first-order chi connectivity index (χ1) is 13.5. The minimum atomic E-state index is -0.162. The van der Waals surface area contributed by atoms with Crippen molar-refractivity contribution in [1.29, 1.82) is 0 Å². The number of halogens is 1. The van der Waals surface area contributed by atoms with Gasteiger partial charge in [-0.25, -0.2) is 0 Å². The molecule has 1 unspecified atom stereocenters. The van der Waals surface area contributed by atoms with Crippen molar-refractivity contribution in [1.82, 2.24) is 10.2 Å². The van der Waals surface area contributed by atoms with Gasteiger partial charge in [0, 0.05) is 32.6 Å². The normalized spacial score (nSPS) is 15.9. The highest BCUT2D eigenvalue weighted by molar-refractivity contribution is 5.85. The molecule has 0 spiro atoms. The molecule has 9 heteroatoms. The van der Waals surface area contributed by atoms with E-state index in [2.05, 4.69) is 5.32 Å². The van der Waals surface area contributed by atoms with E-state index in [1.165, 1.54) is 0 Å². The number of nitrogens with one attached hydrogen (secondary N) is 1. The van der Waals surface area contributed by atoms with E-state index in [0.717, 1.165) is 18.4 Å². The van der Waals surface area contributed by atoms with Crippen molar-refractivity contribution in [2.24, 2.45) is 11.7 Å². The molecule has 3 N–H and O–H groups in total. The number of benzene rings is 1. The molecule has 1 saturated heterocycles. The van der Waals surface area contributed by atoms with E-state index in [1.54, 1.807) is 26.2 Å². The zero-order valence-corrected chi connectivity index (χ0v) is 18.2. The molecule has 2 rings (SSSR count). The summed E-state index contributed by atoms with van der Waals surface area (Å²) in [6, 6.07) is 3.71. The lowest BCUT2D eigenvalue weighted by Crippen LogP contribution is -2.46. The van der Waals surface area contributed by atoms with E-state index in [9.17, 15) is 9.59 Å². The number of rotatable bonds is 9. The zero-order chi connectivity index (χ0) is 20.5. The van der Waals surface area contributed by atoms with Crippen molar-refractivity contribution < 1.29 is 23.8 Å². The number of ether oxygens (including phenoxy) is 3. The Hall–Kier alpha value is -2.19. The monoisotopic (exact) mass is 429 g/mol. The third-order valence-corrected chi connectivity index (χ3v) is 4.94. The number of carbonyl (C=O) groups excluding carboxylic acids is 2. The van der Waals surface area contributed by atoms with Crippen LogP contribution >= 0.6 is 12.4 Å². The number of nitrogens with zero attached hydrogens (tertiary/aromatic N) is 1. The summed E-state index contributed by atoms with van der Waals surface area (Å²) in [5.41, 5.74) is 6.36. The number of aryl methyl sites for hydroxylation is 1. The zero-order valence-electron chi connectivity index (χ0n) is 17.4. The van der Waals surface area contributed by atoms with Gasteiger partial charge in [0.2, 0.25) is 17.6 Å². The Morgan fingerprint density at radius 2 is 1.83 bits per heavy atom. The van der Waals surface area contributed by atoms with E-state index in [0.29, 0.717) is 56.3 Å². The van der Waals surface area contributed by atoms with Crippen LogP contribution in [0.2, 0.25) is 0 Å². The predicted molar refractivity (Wildman–Crippen MR) is 113 cm³/mol. The molecule has 0 saturated carbocycles. The number of methoxy groups -OCH3 is 3.